The van der Waals surface area contributed by atoms with Gasteiger partial charge in [-0.05, 0) is 48.7 Å². The molecular weight excluding hydrogens is 310 g/mol. The van der Waals surface area contributed by atoms with Crippen molar-refractivity contribution in [2.45, 2.75) is 20.3 Å². The maximum Gasteiger partial charge on any atom is 0.261 e. The van der Waals surface area contributed by atoms with Gasteiger partial charge in [0, 0.05) is 25.7 Å². The third kappa shape index (κ3) is 2.95. The lowest BCUT2D eigenvalue weighted by Crippen LogP contribution is -2.42. The van der Waals surface area contributed by atoms with Crippen LogP contribution in [0.4, 0.5) is 0 Å². The van der Waals surface area contributed by atoms with Gasteiger partial charge in [-0.15, -0.1) is 0 Å². The van der Waals surface area contributed by atoms with E-state index < -0.39 is 0 Å². The van der Waals surface area contributed by atoms with Crippen molar-refractivity contribution in [3.8, 4) is 0 Å². The molecule has 0 saturated carbocycles. The van der Waals surface area contributed by atoms with Gasteiger partial charge in [0.05, 0.1) is 10.9 Å². The number of amides is 1. The number of nitrogens with one attached hydrogen (secondary N) is 1. The molecule has 2 aromatic rings. The van der Waals surface area contributed by atoms with Crippen LogP contribution in [0.3, 0.4) is 0 Å². The number of benzene rings is 1. The smallest absolute Gasteiger partial charge is 0.261 e. The minimum Gasteiger partial charge on any atom is -0.338 e. The van der Waals surface area contributed by atoms with Crippen LogP contribution in [0.25, 0.3) is 10.9 Å². The summed E-state index contributed by atoms with van der Waals surface area (Å²) >= 11 is 5.15. The van der Waals surface area contributed by atoms with E-state index in [-0.39, 0.29) is 11.5 Å². The number of piperidine rings is 1. The summed E-state index contributed by atoms with van der Waals surface area (Å²) in [6.07, 6.45) is 1.16. The first kappa shape index (κ1) is 15.9. The molecule has 1 N–H and O–H groups in total. The molecule has 1 aliphatic rings. The molecule has 1 aromatic carbocycles. The van der Waals surface area contributed by atoms with Crippen LogP contribution in [0.5, 0.6) is 0 Å². The number of aromatic amines is 1. The normalized spacial score (nSPS) is 21.6. The molecule has 1 aliphatic heterocycles. The molecule has 0 spiro atoms. The van der Waals surface area contributed by atoms with Crippen molar-refractivity contribution in [1.29, 1.82) is 0 Å². The summed E-state index contributed by atoms with van der Waals surface area (Å²) in [5.41, 5.74) is 1.06. The molecule has 1 fully saturated rings. The molecule has 1 amide bonds. The monoisotopic (exact) mass is 331 g/mol. The summed E-state index contributed by atoms with van der Waals surface area (Å²) in [7, 11) is 1.64. The molecule has 6 heteroatoms. The van der Waals surface area contributed by atoms with Gasteiger partial charge >= 0.3 is 0 Å². The molecule has 0 aliphatic carbocycles. The van der Waals surface area contributed by atoms with Gasteiger partial charge in [0.15, 0.2) is 4.77 Å². The molecule has 122 valence electrons. The van der Waals surface area contributed by atoms with E-state index in [0.29, 0.717) is 33.1 Å². The first-order chi connectivity index (χ1) is 10.9. The maximum absolute atomic E-state index is 12.8. The molecular formula is C17H21N3O2S. The Kier molecular flexibility index (Phi) is 4.10. The van der Waals surface area contributed by atoms with Crippen molar-refractivity contribution >= 4 is 29.0 Å². The Morgan fingerprint density at radius 2 is 1.91 bits per heavy atom. The quantitative estimate of drug-likeness (QED) is 0.818. The van der Waals surface area contributed by atoms with Crippen molar-refractivity contribution < 1.29 is 4.79 Å². The number of carbonyl (C=O) groups excluding carboxylic acids is 1. The number of hydrogen-bond acceptors (Lipinski definition) is 3. The van der Waals surface area contributed by atoms with E-state index in [1.165, 1.54) is 4.57 Å². The van der Waals surface area contributed by atoms with Crippen molar-refractivity contribution in [2.24, 2.45) is 18.9 Å². The van der Waals surface area contributed by atoms with Crippen molar-refractivity contribution in [3.05, 3.63) is 38.9 Å². The van der Waals surface area contributed by atoms with Crippen LogP contribution in [-0.2, 0) is 7.05 Å². The Hall–Kier alpha value is -1.95. The molecule has 2 atom stereocenters. The third-order valence-corrected chi connectivity index (χ3v) is 4.88. The molecule has 23 heavy (non-hydrogen) atoms. The van der Waals surface area contributed by atoms with Crippen molar-refractivity contribution in [2.75, 3.05) is 13.1 Å². The van der Waals surface area contributed by atoms with E-state index in [0.717, 1.165) is 19.5 Å². The van der Waals surface area contributed by atoms with Gasteiger partial charge in [0.2, 0.25) is 0 Å². The van der Waals surface area contributed by atoms with Crippen LogP contribution >= 0.6 is 12.2 Å². The first-order valence-corrected chi connectivity index (χ1v) is 8.30. The average Bonchev–Trinajstić information content (AvgIpc) is 2.50. The van der Waals surface area contributed by atoms with Gasteiger partial charge in [-0.1, -0.05) is 13.8 Å². The zero-order chi connectivity index (χ0) is 16.7. The fourth-order valence-electron chi connectivity index (χ4n) is 3.45. The second-order valence-electron chi connectivity index (χ2n) is 6.71. The predicted molar refractivity (Wildman–Crippen MR) is 93.2 cm³/mol. The SMILES string of the molecule is C[C@@H]1C[C@H](C)CN(C(=O)c2ccc3c(=O)n(C)c(=S)[nH]c3c2)C1. The average molecular weight is 331 g/mol. The van der Waals surface area contributed by atoms with Crippen LogP contribution in [0.15, 0.2) is 23.0 Å². The highest BCUT2D eigenvalue weighted by Gasteiger charge is 2.26. The minimum absolute atomic E-state index is 0.0188. The van der Waals surface area contributed by atoms with Gasteiger partial charge in [-0.2, -0.15) is 0 Å². The molecule has 5 nitrogen and oxygen atoms in total. The van der Waals surface area contributed by atoms with Gasteiger partial charge in [-0.25, -0.2) is 0 Å². The highest BCUT2D eigenvalue weighted by atomic mass is 32.1. The Balaban J connectivity index is 2.00. The van der Waals surface area contributed by atoms with E-state index in [2.05, 4.69) is 18.8 Å². The number of carbonyl (C=O) groups is 1. The number of nitrogens with zero attached hydrogens (tertiary/aromatic N) is 2. The Bertz CT molecular complexity index is 874. The van der Waals surface area contributed by atoms with E-state index in [1.54, 1.807) is 25.2 Å². The lowest BCUT2D eigenvalue weighted by molar-refractivity contribution is 0.0623. The largest absolute Gasteiger partial charge is 0.338 e. The number of rotatable bonds is 1. The zero-order valence-corrected chi connectivity index (χ0v) is 14.4. The molecule has 0 unspecified atom stereocenters. The van der Waals surface area contributed by atoms with Gasteiger partial charge in [-0.3, -0.25) is 14.2 Å². The first-order valence-electron chi connectivity index (χ1n) is 7.89. The van der Waals surface area contributed by atoms with E-state index >= 15 is 0 Å². The van der Waals surface area contributed by atoms with E-state index in [1.807, 2.05) is 4.90 Å². The number of likely N-dealkylation sites (tertiary alicyclic amines) is 1. The van der Waals surface area contributed by atoms with Crippen LogP contribution < -0.4 is 5.56 Å². The molecule has 2 heterocycles. The van der Waals surface area contributed by atoms with Crippen molar-refractivity contribution in [3.63, 3.8) is 0 Å². The maximum atomic E-state index is 12.8. The minimum atomic E-state index is -0.150. The number of fused-ring (bicyclic) bond motifs is 1. The summed E-state index contributed by atoms with van der Waals surface area (Å²) in [5.74, 6) is 1.05. The van der Waals surface area contributed by atoms with Crippen LogP contribution in [0.1, 0.15) is 30.6 Å². The van der Waals surface area contributed by atoms with Gasteiger partial charge in [0.25, 0.3) is 11.5 Å². The summed E-state index contributed by atoms with van der Waals surface area (Å²) in [6, 6.07) is 5.17. The predicted octanol–water partition coefficient (Wildman–Crippen LogP) is 2.71. The lowest BCUT2D eigenvalue weighted by atomic mass is 9.91. The summed E-state index contributed by atoms with van der Waals surface area (Å²) < 4.78 is 1.75. The molecule has 1 aromatic heterocycles. The number of H-pyrrole nitrogens is 1. The van der Waals surface area contributed by atoms with Crippen LogP contribution in [0.2, 0.25) is 0 Å². The topological polar surface area (TPSA) is 58.1 Å². The highest BCUT2D eigenvalue weighted by molar-refractivity contribution is 7.71. The van der Waals surface area contributed by atoms with Crippen molar-refractivity contribution in [1.82, 2.24) is 14.5 Å². The van der Waals surface area contributed by atoms with E-state index in [4.69, 9.17) is 12.2 Å². The molecule has 0 radical (unpaired) electrons. The fraction of sp³-hybridized carbons (Fsp3) is 0.471. The zero-order valence-electron chi connectivity index (χ0n) is 13.6. The van der Waals surface area contributed by atoms with Gasteiger partial charge in [0.1, 0.15) is 0 Å². The second-order valence-corrected chi connectivity index (χ2v) is 7.10. The summed E-state index contributed by atoms with van der Waals surface area (Å²) in [4.78, 5) is 29.9. The Morgan fingerprint density at radius 3 is 2.57 bits per heavy atom. The molecule has 3 rings (SSSR count). The molecule has 1 saturated heterocycles. The summed E-state index contributed by atoms with van der Waals surface area (Å²) in [5, 5.41) is 0.540. The lowest BCUT2D eigenvalue weighted by Gasteiger charge is -2.35. The van der Waals surface area contributed by atoms with Crippen LogP contribution in [-0.4, -0.2) is 33.4 Å². The summed E-state index contributed by atoms with van der Waals surface area (Å²) in [6.45, 7) is 5.93. The number of aromatic nitrogens is 2. The second kappa shape index (κ2) is 5.92. The third-order valence-electron chi connectivity index (χ3n) is 4.50. The van der Waals surface area contributed by atoms with E-state index in [9.17, 15) is 9.59 Å². The molecule has 0 bridgehead atoms. The number of hydrogen-bond donors (Lipinski definition) is 1. The Labute approximate surface area is 139 Å². The highest BCUT2D eigenvalue weighted by Crippen LogP contribution is 2.23. The van der Waals surface area contributed by atoms with Gasteiger partial charge < -0.3 is 9.88 Å². The van der Waals surface area contributed by atoms with Crippen LogP contribution in [0, 0.1) is 16.6 Å². The fourth-order valence-corrected chi connectivity index (χ4v) is 3.64. The standard InChI is InChI=1S/C17H21N3O2S/c1-10-6-11(2)9-20(8-10)15(21)12-4-5-13-14(7-12)18-17(23)19(3)16(13)22/h4-5,7,10-11H,6,8-9H2,1-3H3,(H,18,23)/t10-,11+. The Morgan fingerprint density at radius 1 is 1.26 bits per heavy atom.